The monoisotopic (exact) mass is 214 g/mol. The van der Waals surface area contributed by atoms with Crippen molar-refractivity contribution in [1.29, 1.82) is 0 Å². The van der Waals surface area contributed by atoms with Crippen LogP contribution in [0.25, 0.3) is 0 Å². The molecule has 15 heavy (non-hydrogen) atoms. The van der Waals surface area contributed by atoms with Gasteiger partial charge in [-0.25, -0.2) is 0 Å². The van der Waals surface area contributed by atoms with Gasteiger partial charge in [0, 0.05) is 19.7 Å². The van der Waals surface area contributed by atoms with Gasteiger partial charge >= 0.3 is 0 Å². The van der Waals surface area contributed by atoms with Gasteiger partial charge in [0.25, 0.3) is 0 Å². The molecule has 88 valence electrons. The molecule has 1 heterocycles. The number of hydrogen-bond donors (Lipinski definition) is 1. The molecule has 1 aliphatic heterocycles. The van der Waals surface area contributed by atoms with Gasteiger partial charge in [0.2, 0.25) is 5.91 Å². The first kappa shape index (κ1) is 12.5. The molecule has 0 aromatic carbocycles. The lowest BCUT2D eigenvalue weighted by atomic mass is 10.1. The first-order chi connectivity index (χ1) is 7.16. The highest BCUT2D eigenvalue weighted by molar-refractivity contribution is 5.82. The number of likely N-dealkylation sites (tertiary alicyclic amines) is 1. The van der Waals surface area contributed by atoms with Crippen LogP contribution in [-0.2, 0) is 9.53 Å². The molecule has 1 fully saturated rings. The third kappa shape index (κ3) is 3.47. The fourth-order valence-electron chi connectivity index (χ4n) is 2.07. The molecule has 1 amide bonds. The molecule has 1 rings (SSSR count). The lowest BCUT2D eigenvalue weighted by Gasteiger charge is -2.29. The van der Waals surface area contributed by atoms with Gasteiger partial charge in [0.15, 0.2) is 0 Å². The minimum absolute atomic E-state index is 0.0336. The highest BCUT2D eigenvalue weighted by Crippen LogP contribution is 2.16. The summed E-state index contributed by atoms with van der Waals surface area (Å²) in [7, 11) is 1.57. The molecule has 0 aromatic rings. The van der Waals surface area contributed by atoms with Gasteiger partial charge in [-0.15, -0.1) is 0 Å². The molecular weight excluding hydrogens is 192 g/mol. The van der Waals surface area contributed by atoms with Gasteiger partial charge < -0.3 is 15.4 Å². The zero-order chi connectivity index (χ0) is 11.3. The molecule has 1 aliphatic rings. The number of nitrogens with two attached hydrogens (primary N) is 1. The van der Waals surface area contributed by atoms with E-state index in [2.05, 4.69) is 6.92 Å². The van der Waals surface area contributed by atoms with Crippen molar-refractivity contribution in [3.63, 3.8) is 0 Å². The highest BCUT2D eigenvalue weighted by atomic mass is 16.5. The Hall–Kier alpha value is -0.610. The van der Waals surface area contributed by atoms with Crippen molar-refractivity contribution < 1.29 is 9.53 Å². The lowest BCUT2D eigenvalue weighted by molar-refractivity contribution is -0.135. The van der Waals surface area contributed by atoms with E-state index >= 15 is 0 Å². The summed E-state index contributed by atoms with van der Waals surface area (Å²) in [5, 5.41) is 0. The fourth-order valence-corrected chi connectivity index (χ4v) is 2.07. The van der Waals surface area contributed by atoms with E-state index in [4.69, 9.17) is 10.5 Å². The lowest BCUT2D eigenvalue weighted by Crippen LogP contribution is -2.49. The predicted molar refractivity (Wildman–Crippen MR) is 59.5 cm³/mol. The largest absolute Gasteiger partial charge is 0.383 e. The summed E-state index contributed by atoms with van der Waals surface area (Å²) in [6, 6.07) is -0.182. The highest BCUT2D eigenvalue weighted by Gasteiger charge is 2.25. The molecule has 4 nitrogen and oxygen atoms in total. The fraction of sp³-hybridized carbons (Fsp3) is 0.909. The zero-order valence-electron chi connectivity index (χ0n) is 9.74. The van der Waals surface area contributed by atoms with Crippen molar-refractivity contribution in [1.82, 2.24) is 4.90 Å². The molecule has 1 saturated heterocycles. The Kier molecular flexibility index (Phi) is 5.05. The Bertz CT molecular complexity index is 209. The summed E-state index contributed by atoms with van der Waals surface area (Å²) in [6.07, 6.45) is 4.61. The van der Waals surface area contributed by atoms with Crippen molar-refractivity contribution in [2.45, 2.75) is 44.7 Å². The Morgan fingerprint density at radius 3 is 2.93 bits per heavy atom. The van der Waals surface area contributed by atoms with Crippen molar-refractivity contribution >= 4 is 5.91 Å². The first-order valence-corrected chi connectivity index (χ1v) is 5.71. The van der Waals surface area contributed by atoms with Gasteiger partial charge in [0.1, 0.15) is 6.04 Å². The number of methoxy groups -OCH3 is 1. The van der Waals surface area contributed by atoms with Crippen LogP contribution < -0.4 is 5.73 Å². The molecule has 4 heteroatoms. The average molecular weight is 214 g/mol. The minimum atomic E-state index is -0.504. The van der Waals surface area contributed by atoms with Crippen molar-refractivity contribution in [3.8, 4) is 0 Å². The number of ether oxygens (including phenoxy) is 1. The van der Waals surface area contributed by atoms with Gasteiger partial charge in [-0.3, -0.25) is 4.79 Å². The minimum Gasteiger partial charge on any atom is -0.383 e. The van der Waals surface area contributed by atoms with Gasteiger partial charge in [-0.1, -0.05) is 12.8 Å². The summed E-state index contributed by atoms with van der Waals surface area (Å²) in [5.41, 5.74) is 5.76. The van der Waals surface area contributed by atoms with Crippen LogP contribution in [0.5, 0.6) is 0 Å². The van der Waals surface area contributed by atoms with Crippen LogP contribution in [-0.4, -0.2) is 43.2 Å². The first-order valence-electron chi connectivity index (χ1n) is 5.71. The Morgan fingerprint density at radius 2 is 2.27 bits per heavy atom. The molecule has 0 saturated carbocycles. The van der Waals surface area contributed by atoms with Crippen LogP contribution in [0.1, 0.15) is 32.6 Å². The van der Waals surface area contributed by atoms with Crippen LogP contribution in [0.15, 0.2) is 0 Å². The summed E-state index contributed by atoms with van der Waals surface area (Å²) in [5.74, 6) is 0.0336. The zero-order valence-corrected chi connectivity index (χ0v) is 9.74. The Morgan fingerprint density at radius 1 is 1.53 bits per heavy atom. The molecule has 2 N–H and O–H groups in total. The maximum atomic E-state index is 12.0. The van der Waals surface area contributed by atoms with Crippen LogP contribution in [0.4, 0.5) is 0 Å². The van der Waals surface area contributed by atoms with Gasteiger partial charge in [-0.2, -0.15) is 0 Å². The summed E-state index contributed by atoms with van der Waals surface area (Å²) in [4.78, 5) is 13.9. The predicted octanol–water partition coefficient (Wildman–Crippen LogP) is 0.751. The van der Waals surface area contributed by atoms with Crippen LogP contribution in [0.3, 0.4) is 0 Å². The van der Waals surface area contributed by atoms with E-state index in [-0.39, 0.29) is 5.91 Å². The van der Waals surface area contributed by atoms with E-state index in [9.17, 15) is 4.79 Å². The smallest absolute Gasteiger partial charge is 0.242 e. The maximum absolute atomic E-state index is 12.0. The molecule has 0 bridgehead atoms. The van der Waals surface area contributed by atoms with Crippen LogP contribution in [0, 0.1) is 0 Å². The molecule has 0 aromatic heterocycles. The van der Waals surface area contributed by atoms with Gasteiger partial charge in [0.05, 0.1) is 6.61 Å². The van der Waals surface area contributed by atoms with Crippen molar-refractivity contribution in [2.75, 3.05) is 20.3 Å². The molecule has 2 atom stereocenters. The number of carbonyl (C=O) groups is 1. The quantitative estimate of drug-likeness (QED) is 0.754. The maximum Gasteiger partial charge on any atom is 0.242 e. The third-order valence-corrected chi connectivity index (χ3v) is 3.00. The number of rotatable bonds is 3. The van der Waals surface area contributed by atoms with E-state index in [0.29, 0.717) is 12.6 Å². The third-order valence-electron chi connectivity index (χ3n) is 3.00. The second-order valence-electron chi connectivity index (χ2n) is 4.29. The van der Waals surface area contributed by atoms with E-state index in [1.807, 2.05) is 4.90 Å². The Labute approximate surface area is 91.8 Å². The molecule has 0 radical (unpaired) electrons. The number of hydrogen-bond acceptors (Lipinski definition) is 3. The summed E-state index contributed by atoms with van der Waals surface area (Å²) < 4.78 is 4.91. The number of nitrogens with zero attached hydrogens (tertiary/aromatic N) is 1. The van der Waals surface area contributed by atoms with E-state index in [0.717, 1.165) is 19.4 Å². The second-order valence-corrected chi connectivity index (χ2v) is 4.29. The van der Waals surface area contributed by atoms with E-state index in [1.54, 1.807) is 7.11 Å². The van der Waals surface area contributed by atoms with Crippen molar-refractivity contribution in [2.24, 2.45) is 5.73 Å². The summed E-state index contributed by atoms with van der Waals surface area (Å²) >= 11 is 0. The van der Waals surface area contributed by atoms with Crippen LogP contribution in [0.2, 0.25) is 0 Å². The van der Waals surface area contributed by atoms with Crippen molar-refractivity contribution in [3.05, 3.63) is 0 Å². The number of amides is 1. The standard InChI is InChI=1S/C11H22N2O2/c1-9-6-4-3-5-7-13(9)11(14)10(12)8-15-2/h9-10H,3-8,12H2,1-2H3. The van der Waals surface area contributed by atoms with E-state index in [1.165, 1.54) is 12.8 Å². The van der Waals surface area contributed by atoms with Gasteiger partial charge in [-0.05, 0) is 19.8 Å². The number of carbonyl (C=O) groups excluding carboxylic acids is 1. The molecule has 2 unspecified atom stereocenters. The normalized spacial score (nSPS) is 24.7. The molecular formula is C11H22N2O2. The Balaban J connectivity index is 2.55. The molecule has 0 aliphatic carbocycles. The average Bonchev–Trinajstić information content (AvgIpc) is 2.42. The summed E-state index contributed by atoms with van der Waals surface area (Å²) in [6.45, 7) is 3.25. The second kappa shape index (κ2) is 6.08. The topological polar surface area (TPSA) is 55.6 Å². The SMILES string of the molecule is COCC(N)C(=O)N1CCCCCC1C. The van der Waals surface area contributed by atoms with E-state index < -0.39 is 6.04 Å². The molecule has 0 spiro atoms. The van der Waals surface area contributed by atoms with Crippen LogP contribution >= 0.6 is 0 Å².